The van der Waals surface area contributed by atoms with Crippen LogP contribution >= 0.6 is 12.0 Å². The highest BCUT2D eigenvalue weighted by molar-refractivity contribution is 7.95. The van der Waals surface area contributed by atoms with Crippen LogP contribution in [0.1, 0.15) is 39.5 Å². The topological polar surface area (TPSA) is 46.5 Å². The lowest BCUT2D eigenvalue weighted by molar-refractivity contribution is -0.136. The van der Waals surface area contributed by atoms with Gasteiger partial charge in [-0.1, -0.05) is 33.1 Å². The van der Waals surface area contributed by atoms with Crippen LogP contribution in [-0.4, -0.2) is 23.4 Å². The molecule has 0 aliphatic carbocycles. The average molecular weight is 220 g/mol. The number of carbonyl (C=O) groups is 1. The molecule has 0 aromatic carbocycles. The lowest BCUT2D eigenvalue weighted by Gasteiger charge is -2.03. The minimum absolute atomic E-state index is 0.527. The highest BCUT2D eigenvalue weighted by atomic mass is 32.2. The second-order valence-corrected chi connectivity index (χ2v) is 4.49. The summed E-state index contributed by atoms with van der Waals surface area (Å²) in [6, 6.07) is 0. The Labute approximate surface area is 90.4 Å². The van der Waals surface area contributed by atoms with Gasteiger partial charge in [-0.3, -0.25) is 0 Å². The van der Waals surface area contributed by atoms with E-state index in [9.17, 15) is 4.79 Å². The third kappa shape index (κ3) is 9.86. The fourth-order valence-corrected chi connectivity index (χ4v) is 1.61. The van der Waals surface area contributed by atoms with Crippen LogP contribution < -0.4 is 0 Å². The maximum atomic E-state index is 10.5. The van der Waals surface area contributed by atoms with E-state index < -0.39 is 12.6 Å². The van der Waals surface area contributed by atoms with Crippen molar-refractivity contribution >= 4 is 18.0 Å². The van der Waals surface area contributed by atoms with Gasteiger partial charge >= 0.3 is 5.97 Å². The van der Waals surface area contributed by atoms with E-state index in [-0.39, 0.29) is 0 Å². The van der Waals surface area contributed by atoms with Crippen molar-refractivity contribution in [1.29, 1.82) is 0 Å². The molecular weight excluding hydrogens is 200 g/mol. The molecule has 0 saturated carbocycles. The van der Waals surface area contributed by atoms with E-state index in [0.717, 1.165) is 30.1 Å². The van der Waals surface area contributed by atoms with Gasteiger partial charge in [-0.25, -0.2) is 4.79 Å². The molecule has 0 unspecified atom stereocenters. The number of hydrogen-bond donors (Lipinski definition) is 1. The molecule has 0 rings (SSSR count). The number of carbonyl (C=O) groups excluding carboxylic acids is 1. The first-order chi connectivity index (χ1) is 6.66. The molecule has 84 valence electrons. The van der Waals surface area contributed by atoms with E-state index in [4.69, 9.17) is 5.11 Å². The SMILES string of the molecule is CC(C)CCCCCSOC(=O)CO. The smallest absolute Gasteiger partial charge is 0.343 e. The van der Waals surface area contributed by atoms with E-state index >= 15 is 0 Å². The number of aliphatic hydroxyl groups is 1. The van der Waals surface area contributed by atoms with Gasteiger partial charge in [0.05, 0.1) is 12.0 Å². The van der Waals surface area contributed by atoms with Crippen LogP contribution in [0.3, 0.4) is 0 Å². The monoisotopic (exact) mass is 220 g/mol. The predicted molar refractivity (Wildman–Crippen MR) is 58.9 cm³/mol. The molecule has 0 fully saturated rings. The highest BCUT2D eigenvalue weighted by Crippen LogP contribution is 2.11. The fraction of sp³-hybridized carbons (Fsp3) is 0.900. The summed E-state index contributed by atoms with van der Waals surface area (Å²) in [5.41, 5.74) is 0. The first kappa shape index (κ1) is 13.8. The van der Waals surface area contributed by atoms with Gasteiger partial charge in [-0.05, 0) is 12.3 Å². The van der Waals surface area contributed by atoms with Crippen LogP contribution in [0, 0.1) is 5.92 Å². The largest absolute Gasteiger partial charge is 0.390 e. The van der Waals surface area contributed by atoms with Gasteiger partial charge in [-0.15, -0.1) is 0 Å². The van der Waals surface area contributed by atoms with E-state index in [0.29, 0.717) is 0 Å². The quantitative estimate of drug-likeness (QED) is 0.504. The number of hydrogen-bond acceptors (Lipinski definition) is 4. The average Bonchev–Trinajstić information content (AvgIpc) is 2.15. The van der Waals surface area contributed by atoms with Crippen molar-refractivity contribution in [3.05, 3.63) is 0 Å². The minimum Gasteiger partial charge on any atom is -0.390 e. The number of aliphatic hydroxyl groups excluding tert-OH is 1. The standard InChI is InChI=1S/C10H20O3S/c1-9(2)6-4-3-5-7-14-13-10(12)8-11/h9,11H,3-8H2,1-2H3. The normalized spacial score (nSPS) is 10.6. The molecule has 0 bridgehead atoms. The molecule has 0 aliphatic heterocycles. The molecule has 0 radical (unpaired) electrons. The molecule has 0 aliphatic rings. The summed E-state index contributed by atoms with van der Waals surface area (Å²) in [5, 5.41) is 8.35. The zero-order valence-electron chi connectivity index (χ0n) is 8.99. The van der Waals surface area contributed by atoms with E-state index in [1.165, 1.54) is 19.3 Å². The van der Waals surface area contributed by atoms with Crippen molar-refractivity contribution in [3.63, 3.8) is 0 Å². The van der Waals surface area contributed by atoms with Crippen LogP contribution in [0.2, 0.25) is 0 Å². The first-order valence-electron chi connectivity index (χ1n) is 5.10. The third-order valence-corrected chi connectivity index (χ3v) is 2.55. The summed E-state index contributed by atoms with van der Waals surface area (Å²) in [7, 11) is 0. The molecule has 0 amide bonds. The molecule has 14 heavy (non-hydrogen) atoms. The number of rotatable bonds is 8. The minimum atomic E-state index is -0.558. The Hall–Kier alpha value is -0.220. The summed E-state index contributed by atoms with van der Waals surface area (Å²) in [4.78, 5) is 10.5. The Kier molecular flexibility index (Phi) is 9.19. The van der Waals surface area contributed by atoms with Gasteiger partial charge in [-0.2, -0.15) is 0 Å². The summed E-state index contributed by atoms with van der Waals surface area (Å²) in [5.74, 6) is 1.04. The molecule has 0 spiro atoms. The molecule has 0 aromatic rings. The molecule has 3 nitrogen and oxygen atoms in total. The number of unbranched alkanes of at least 4 members (excludes halogenated alkanes) is 2. The summed E-state index contributed by atoms with van der Waals surface area (Å²) in [6.45, 7) is 3.91. The van der Waals surface area contributed by atoms with Crippen LogP contribution in [0.15, 0.2) is 0 Å². The van der Waals surface area contributed by atoms with E-state index in [1.54, 1.807) is 0 Å². The lowest BCUT2D eigenvalue weighted by atomic mass is 10.1. The van der Waals surface area contributed by atoms with Gasteiger partial charge < -0.3 is 9.29 Å². The Balaban J connectivity index is 3.03. The zero-order chi connectivity index (χ0) is 10.8. The Morgan fingerprint density at radius 1 is 1.36 bits per heavy atom. The van der Waals surface area contributed by atoms with E-state index in [2.05, 4.69) is 18.0 Å². The second kappa shape index (κ2) is 9.34. The highest BCUT2D eigenvalue weighted by Gasteiger charge is 2.00. The van der Waals surface area contributed by atoms with Crippen molar-refractivity contribution in [2.45, 2.75) is 39.5 Å². The Bertz CT molecular complexity index is 148. The van der Waals surface area contributed by atoms with Crippen LogP contribution in [-0.2, 0) is 8.98 Å². The summed E-state index contributed by atoms with van der Waals surface area (Å²) < 4.78 is 4.65. The van der Waals surface area contributed by atoms with Crippen LogP contribution in [0.4, 0.5) is 0 Å². The van der Waals surface area contributed by atoms with E-state index in [1.807, 2.05) is 0 Å². The predicted octanol–water partition coefficient (Wildman–Crippen LogP) is 2.39. The molecule has 1 N–H and O–H groups in total. The van der Waals surface area contributed by atoms with Crippen molar-refractivity contribution in [3.8, 4) is 0 Å². The maximum Gasteiger partial charge on any atom is 0.343 e. The van der Waals surface area contributed by atoms with Crippen molar-refractivity contribution in [1.82, 2.24) is 0 Å². The molecular formula is C10H20O3S. The van der Waals surface area contributed by atoms with Gasteiger partial charge in [0.2, 0.25) is 0 Å². The van der Waals surface area contributed by atoms with Crippen molar-refractivity contribution in [2.24, 2.45) is 5.92 Å². The summed E-state index contributed by atoms with van der Waals surface area (Å²) in [6.07, 6.45) is 4.76. The zero-order valence-corrected chi connectivity index (χ0v) is 9.81. The molecule has 0 heterocycles. The van der Waals surface area contributed by atoms with Gasteiger partial charge in [0.1, 0.15) is 6.61 Å². The molecule has 4 heteroatoms. The van der Waals surface area contributed by atoms with Crippen molar-refractivity contribution < 1.29 is 14.1 Å². The lowest BCUT2D eigenvalue weighted by Crippen LogP contribution is -2.04. The fourth-order valence-electron chi connectivity index (χ4n) is 1.02. The summed E-state index contributed by atoms with van der Waals surface area (Å²) >= 11 is 1.14. The molecule has 0 atom stereocenters. The molecule has 0 aromatic heterocycles. The van der Waals surface area contributed by atoms with Crippen molar-refractivity contribution in [2.75, 3.05) is 12.4 Å². The molecule has 0 saturated heterocycles. The van der Waals surface area contributed by atoms with Gasteiger partial charge in [0.25, 0.3) is 0 Å². The van der Waals surface area contributed by atoms with Crippen LogP contribution in [0.5, 0.6) is 0 Å². The first-order valence-corrected chi connectivity index (χ1v) is 6.01. The second-order valence-electron chi connectivity index (χ2n) is 3.68. The third-order valence-electron chi connectivity index (χ3n) is 1.79. The Morgan fingerprint density at radius 3 is 2.64 bits per heavy atom. The van der Waals surface area contributed by atoms with Crippen LogP contribution in [0.25, 0.3) is 0 Å². The Morgan fingerprint density at radius 2 is 2.07 bits per heavy atom. The van der Waals surface area contributed by atoms with Gasteiger partial charge in [0, 0.05) is 5.75 Å². The maximum absolute atomic E-state index is 10.5. The van der Waals surface area contributed by atoms with Gasteiger partial charge in [0.15, 0.2) is 0 Å².